The molecule has 302 valence electrons. The van der Waals surface area contributed by atoms with Crippen LogP contribution >= 0.6 is 31.9 Å². The first kappa shape index (κ1) is 44.5. The zero-order valence-corrected chi connectivity index (χ0v) is 37.9. The van der Waals surface area contributed by atoms with E-state index in [1.807, 2.05) is 12.1 Å². The van der Waals surface area contributed by atoms with Gasteiger partial charge in [-0.15, -0.1) is 0 Å². The Morgan fingerprint density at radius 1 is 0.564 bits per heavy atom. The molecule has 4 aliphatic rings. The molecule has 0 amide bonds. The zero-order chi connectivity index (χ0) is 40.0. The van der Waals surface area contributed by atoms with E-state index >= 15 is 0 Å². The Morgan fingerprint density at radius 2 is 0.873 bits per heavy atom. The minimum absolute atomic E-state index is 0.338. The number of hydrogen-bond acceptors (Lipinski definition) is 7. The van der Waals surface area contributed by atoms with Gasteiger partial charge in [0.2, 0.25) is 20.0 Å². The van der Waals surface area contributed by atoms with Crippen molar-refractivity contribution in [3.8, 4) is 0 Å². The third-order valence-corrected chi connectivity index (χ3v) is 15.5. The van der Waals surface area contributed by atoms with Crippen molar-refractivity contribution in [3.05, 3.63) is 98.4 Å². The summed E-state index contributed by atoms with van der Waals surface area (Å²) < 4.78 is 63.6. The largest absolute Gasteiger partial charge is 0.494 e. The second kappa shape index (κ2) is 19.0. The first-order valence-electron chi connectivity index (χ1n) is 19.4. The van der Waals surface area contributed by atoms with E-state index in [1.54, 1.807) is 8.61 Å². The summed E-state index contributed by atoms with van der Waals surface area (Å²) in [5.74, 6) is 1.67. The van der Waals surface area contributed by atoms with E-state index in [1.165, 1.54) is 59.6 Å². The van der Waals surface area contributed by atoms with Crippen molar-refractivity contribution >= 4 is 64.5 Å². The topological polar surface area (TPSA) is 105 Å². The maximum absolute atomic E-state index is 11.6. The molecule has 4 heterocycles. The fourth-order valence-electron chi connectivity index (χ4n) is 7.57. The summed E-state index contributed by atoms with van der Waals surface area (Å²) >= 11 is 6.87. The normalized spacial score (nSPS) is 21.6. The molecule has 0 spiro atoms. The van der Waals surface area contributed by atoms with Gasteiger partial charge in [0.1, 0.15) is 0 Å². The van der Waals surface area contributed by atoms with E-state index in [4.69, 9.17) is 9.31 Å². The molecular weight excluding hydrogens is 865 g/mol. The molecular formula is C41H58BBr2N3O6S2. The fourth-order valence-corrected chi connectivity index (χ4v) is 9.85. The summed E-state index contributed by atoms with van der Waals surface area (Å²) in [5.41, 5.74) is 4.40. The average Bonchev–Trinajstić information content (AvgIpc) is 3.38. The lowest BCUT2D eigenvalue weighted by Gasteiger charge is -2.32. The number of nitrogens with one attached hydrogen (secondary N) is 1. The summed E-state index contributed by atoms with van der Waals surface area (Å²) in [6, 6.07) is 25.4. The number of sulfonamides is 2. The highest BCUT2D eigenvalue weighted by atomic mass is 79.9. The average molecular weight is 924 g/mol. The third kappa shape index (κ3) is 12.4. The van der Waals surface area contributed by atoms with Gasteiger partial charge in [-0.25, -0.2) is 25.4 Å². The number of hydrogen-bond donors (Lipinski definition) is 1. The van der Waals surface area contributed by atoms with Crippen LogP contribution in [0.3, 0.4) is 0 Å². The first-order valence-corrected chi connectivity index (χ1v) is 24.7. The molecule has 9 nitrogen and oxygen atoms in total. The molecule has 0 atom stereocenters. The quantitative estimate of drug-likeness (QED) is 0.254. The van der Waals surface area contributed by atoms with Crippen LogP contribution in [-0.4, -0.2) is 95.5 Å². The molecule has 3 aromatic rings. The molecule has 0 bridgehead atoms. The SMILES string of the molecule is Brc1ccc(C2CCNCC2)cc1.CC1(C)OB(c2ccc(C3CCN(S(C)(=O)=O)CC3)cc2)OC1(C)C.CS(=O)(=O)N1CCC(c2ccc(Br)cc2)CC1. The van der Waals surface area contributed by atoms with Gasteiger partial charge >= 0.3 is 7.12 Å². The van der Waals surface area contributed by atoms with E-state index in [2.05, 4.69) is 126 Å². The maximum atomic E-state index is 11.6. The van der Waals surface area contributed by atoms with Crippen molar-refractivity contribution in [1.29, 1.82) is 0 Å². The van der Waals surface area contributed by atoms with Gasteiger partial charge in [-0.1, -0.05) is 80.4 Å². The smallest absolute Gasteiger partial charge is 0.399 e. The van der Waals surface area contributed by atoms with Crippen molar-refractivity contribution in [3.63, 3.8) is 0 Å². The summed E-state index contributed by atoms with van der Waals surface area (Å²) in [5, 5.41) is 3.39. The van der Waals surface area contributed by atoms with Crippen LogP contribution < -0.4 is 10.8 Å². The van der Waals surface area contributed by atoms with Gasteiger partial charge in [0.25, 0.3) is 0 Å². The number of rotatable bonds is 6. The van der Waals surface area contributed by atoms with E-state index < -0.39 is 20.0 Å². The minimum atomic E-state index is -3.07. The lowest BCUT2D eigenvalue weighted by atomic mass is 9.77. The maximum Gasteiger partial charge on any atom is 0.494 e. The molecule has 4 saturated heterocycles. The predicted molar refractivity (Wildman–Crippen MR) is 232 cm³/mol. The van der Waals surface area contributed by atoms with Crippen molar-refractivity contribution in [1.82, 2.24) is 13.9 Å². The molecule has 0 radical (unpaired) electrons. The van der Waals surface area contributed by atoms with Crippen molar-refractivity contribution in [2.24, 2.45) is 0 Å². The third-order valence-electron chi connectivity index (χ3n) is 11.8. The molecule has 14 heteroatoms. The molecule has 4 fully saturated rings. The van der Waals surface area contributed by atoms with Crippen LogP contribution in [0.2, 0.25) is 0 Å². The highest BCUT2D eigenvalue weighted by Crippen LogP contribution is 2.37. The van der Waals surface area contributed by atoms with E-state index in [0.717, 1.165) is 41.5 Å². The predicted octanol–water partition coefficient (Wildman–Crippen LogP) is 7.63. The second-order valence-corrected chi connectivity index (χ2v) is 22.1. The van der Waals surface area contributed by atoms with Crippen LogP contribution in [0.15, 0.2) is 81.7 Å². The van der Waals surface area contributed by atoms with Gasteiger partial charge in [0, 0.05) is 35.1 Å². The molecule has 0 aliphatic carbocycles. The monoisotopic (exact) mass is 921 g/mol. The van der Waals surface area contributed by atoms with Crippen molar-refractivity contribution < 1.29 is 26.1 Å². The zero-order valence-electron chi connectivity index (χ0n) is 33.1. The van der Waals surface area contributed by atoms with Crippen LogP contribution in [-0.2, 0) is 29.4 Å². The summed E-state index contributed by atoms with van der Waals surface area (Å²) in [4.78, 5) is 0. The molecule has 3 aromatic carbocycles. The first-order chi connectivity index (χ1) is 25.8. The van der Waals surface area contributed by atoms with Gasteiger partial charge in [0.15, 0.2) is 0 Å². The number of benzene rings is 3. The minimum Gasteiger partial charge on any atom is -0.399 e. The van der Waals surface area contributed by atoms with Crippen LogP contribution in [0.5, 0.6) is 0 Å². The number of piperidine rings is 3. The van der Waals surface area contributed by atoms with Gasteiger partial charge in [0.05, 0.1) is 23.7 Å². The highest BCUT2D eigenvalue weighted by Gasteiger charge is 2.51. The van der Waals surface area contributed by atoms with E-state index in [9.17, 15) is 16.8 Å². The lowest BCUT2D eigenvalue weighted by molar-refractivity contribution is 0.00578. The molecule has 0 unspecified atom stereocenters. The summed E-state index contributed by atoms with van der Waals surface area (Å²) in [6.45, 7) is 13.0. The molecule has 7 rings (SSSR count). The van der Waals surface area contributed by atoms with Crippen LogP contribution in [0, 0.1) is 0 Å². The lowest BCUT2D eigenvalue weighted by Crippen LogP contribution is -2.41. The summed E-state index contributed by atoms with van der Waals surface area (Å²) in [7, 11) is -6.43. The van der Waals surface area contributed by atoms with E-state index in [0.29, 0.717) is 38.0 Å². The molecule has 1 N–H and O–H groups in total. The van der Waals surface area contributed by atoms with Crippen LogP contribution in [0.4, 0.5) is 0 Å². The second-order valence-electron chi connectivity index (χ2n) is 16.3. The Morgan fingerprint density at radius 3 is 1.20 bits per heavy atom. The van der Waals surface area contributed by atoms with Gasteiger partial charge in [-0.2, -0.15) is 0 Å². The van der Waals surface area contributed by atoms with Gasteiger partial charge in [-0.3, -0.25) is 0 Å². The fraction of sp³-hybridized carbons (Fsp3) is 0.561. The Balaban J connectivity index is 0.000000168. The van der Waals surface area contributed by atoms with E-state index in [-0.39, 0.29) is 18.3 Å². The summed E-state index contributed by atoms with van der Waals surface area (Å²) in [6.07, 6.45) is 8.68. The Labute approximate surface area is 347 Å². The molecule has 4 aliphatic heterocycles. The Kier molecular flexibility index (Phi) is 15.3. The molecule has 0 saturated carbocycles. The standard InChI is InChI=1S/C18H28BNO4S.C12H16BrNO2S.C11H14BrN/c1-17(2)18(3,4)24-19(23-17)16-8-6-14(7-9-16)15-10-12-20(13-11-15)25(5,21)22;1-17(15,16)14-8-6-11(7-9-14)10-2-4-12(13)5-3-10;12-11-3-1-9(2-4-11)10-5-7-13-8-6-10/h6-9,15H,10-13H2,1-5H3;2-5,11H,6-9H2,1H3;1-4,10,13H,5-8H2. The van der Waals surface area contributed by atoms with Gasteiger partial charge in [-0.05, 0) is 143 Å². The Hall–Kier alpha value is -1.62. The highest BCUT2D eigenvalue weighted by molar-refractivity contribution is 9.10. The van der Waals surface area contributed by atoms with Crippen LogP contribution in [0.25, 0.3) is 0 Å². The Bertz CT molecular complexity index is 1880. The molecule has 0 aromatic heterocycles. The van der Waals surface area contributed by atoms with Crippen molar-refractivity contribution in [2.45, 2.75) is 95.2 Å². The van der Waals surface area contributed by atoms with Crippen molar-refractivity contribution in [2.75, 3.05) is 51.8 Å². The number of halogens is 2. The van der Waals surface area contributed by atoms with Gasteiger partial charge < -0.3 is 14.6 Å². The number of nitrogens with zero attached hydrogens (tertiary/aromatic N) is 2. The molecule has 55 heavy (non-hydrogen) atoms. The van der Waals surface area contributed by atoms with Crippen LogP contribution in [0.1, 0.15) is 101 Å².